The summed E-state index contributed by atoms with van der Waals surface area (Å²) in [4.78, 5) is 14.4. The Morgan fingerprint density at radius 1 is 1.19 bits per heavy atom. The molecule has 3 nitrogen and oxygen atoms in total. The van der Waals surface area contributed by atoms with Crippen LogP contribution in [0.2, 0.25) is 5.02 Å². The summed E-state index contributed by atoms with van der Waals surface area (Å²) in [7, 11) is 3.84. The Kier molecular flexibility index (Phi) is 4.91. The summed E-state index contributed by atoms with van der Waals surface area (Å²) in [5.74, 6) is -0.154. The fraction of sp³-hybridized carbons (Fsp3) is 0.188. The second-order valence-corrected chi connectivity index (χ2v) is 6.32. The average molecular weight is 368 g/mol. The van der Waals surface area contributed by atoms with Gasteiger partial charge in [0, 0.05) is 29.2 Å². The number of halogens is 2. The van der Waals surface area contributed by atoms with Crippen molar-refractivity contribution in [1.82, 2.24) is 0 Å². The van der Waals surface area contributed by atoms with Crippen molar-refractivity contribution < 1.29 is 4.79 Å². The molecule has 0 aliphatic rings. The quantitative estimate of drug-likeness (QED) is 0.850. The molecule has 0 aliphatic heterocycles. The van der Waals surface area contributed by atoms with Gasteiger partial charge in [0.15, 0.2) is 0 Å². The fourth-order valence-corrected chi connectivity index (χ4v) is 2.56. The lowest BCUT2D eigenvalue weighted by molar-refractivity contribution is 0.102. The maximum absolute atomic E-state index is 12.5. The molecule has 0 bridgehead atoms. The summed E-state index contributed by atoms with van der Waals surface area (Å²) in [5.41, 5.74) is 3.15. The molecule has 0 saturated heterocycles. The minimum Gasteiger partial charge on any atom is -0.376 e. The number of aryl methyl sites for hydroxylation is 1. The summed E-state index contributed by atoms with van der Waals surface area (Å²) in [6.45, 7) is 1.91. The molecule has 0 aliphatic carbocycles. The van der Waals surface area contributed by atoms with Crippen LogP contribution < -0.4 is 10.2 Å². The second kappa shape index (κ2) is 6.50. The first-order valence-corrected chi connectivity index (χ1v) is 7.60. The Balaban J connectivity index is 2.35. The Morgan fingerprint density at radius 2 is 1.90 bits per heavy atom. The predicted molar refractivity (Wildman–Crippen MR) is 92.6 cm³/mol. The summed E-state index contributed by atoms with van der Waals surface area (Å²) in [6.07, 6.45) is 0. The number of benzene rings is 2. The number of amides is 1. The van der Waals surface area contributed by atoms with Gasteiger partial charge in [0.25, 0.3) is 5.91 Å². The van der Waals surface area contributed by atoms with Gasteiger partial charge in [0.05, 0.1) is 11.4 Å². The standard InChI is InChI=1S/C16H16BrClN2O/c1-10-4-5-11(17)8-13(10)16(21)19-14-9-12(18)6-7-15(14)20(2)3/h4-9H,1-3H3,(H,19,21). The van der Waals surface area contributed by atoms with E-state index >= 15 is 0 Å². The van der Waals surface area contributed by atoms with Gasteiger partial charge in [-0.3, -0.25) is 4.79 Å². The van der Waals surface area contributed by atoms with E-state index in [2.05, 4.69) is 21.2 Å². The first kappa shape index (κ1) is 15.9. The van der Waals surface area contributed by atoms with Crippen molar-refractivity contribution in [2.75, 3.05) is 24.3 Å². The second-order valence-electron chi connectivity index (χ2n) is 4.97. The lowest BCUT2D eigenvalue weighted by atomic mass is 10.1. The van der Waals surface area contributed by atoms with Crippen molar-refractivity contribution in [3.05, 3.63) is 57.0 Å². The Labute approximate surface area is 138 Å². The van der Waals surface area contributed by atoms with Gasteiger partial charge in [-0.2, -0.15) is 0 Å². The molecule has 0 aromatic heterocycles. The molecule has 0 saturated carbocycles. The van der Waals surface area contributed by atoms with E-state index in [1.54, 1.807) is 12.1 Å². The largest absolute Gasteiger partial charge is 0.376 e. The van der Waals surface area contributed by atoms with Gasteiger partial charge >= 0.3 is 0 Å². The van der Waals surface area contributed by atoms with Crippen LogP contribution in [0.1, 0.15) is 15.9 Å². The number of hydrogen-bond donors (Lipinski definition) is 1. The first-order chi connectivity index (χ1) is 9.88. The Bertz CT molecular complexity index is 686. The van der Waals surface area contributed by atoms with Gasteiger partial charge in [0.2, 0.25) is 0 Å². The van der Waals surface area contributed by atoms with Crippen LogP contribution in [0.15, 0.2) is 40.9 Å². The maximum atomic E-state index is 12.5. The highest BCUT2D eigenvalue weighted by atomic mass is 79.9. The zero-order valence-corrected chi connectivity index (χ0v) is 14.4. The SMILES string of the molecule is Cc1ccc(Br)cc1C(=O)Nc1cc(Cl)ccc1N(C)C. The van der Waals surface area contributed by atoms with Gasteiger partial charge in [-0.15, -0.1) is 0 Å². The minimum atomic E-state index is -0.154. The third-order valence-corrected chi connectivity index (χ3v) is 3.86. The van der Waals surface area contributed by atoms with E-state index in [0.717, 1.165) is 15.7 Å². The molecule has 0 atom stereocenters. The van der Waals surface area contributed by atoms with Crippen molar-refractivity contribution in [2.45, 2.75) is 6.92 Å². The van der Waals surface area contributed by atoms with Crippen LogP contribution in [0.5, 0.6) is 0 Å². The minimum absolute atomic E-state index is 0.154. The monoisotopic (exact) mass is 366 g/mol. The van der Waals surface area contributed by atoms with E-state index in [9.17, 15) is 4.79 Å². The number of nitrogens with one attached hydrogen (secondary N) is 1. The van der Waals surface area contributed by atoms with Crippen molar-refractivity contribution in [3.8, 4) is 0 Å². The molecule has 2 aromatic rings. The molecule has 21 heavy (non-hydrogen) atoms. The van der Waals surface area contributed by atoms with E-state index in [4.69, 9.17) is 11.6 Å². The molecule has 2 rings (SSSR count). The van der Waals surface area contributed by atoms with E-state index in [-0.39, 0.29) is 5.91 Å². The predicted octanol–water partition coefficient (Wildman–Crippen LogP) is 4.73. The van der Waals surface area contributed by atoms with Gasteiger partial charge in [-0.25, -0.2) is 0 Å². The van der Waals surface area contributed by atoms with Gasteiger partial charge < -0.3 is 10.2 Å². The highest BCUT2D eigenvalue weighted by Gasteiger charge is 2.13. The topological polar surface area (TPSA) is 32.3 Å². The van der Waals surface area contributed by atoms with Crippen molar-refractivity contribution in [1.29, 1.82) is 0 Å². The maximum Gasteiger partial charge on any atom is 0.256 e. The Hall–Kier alpha value is -1.52. The lowest BCUT2D eigenvalue weighted by Gasteiger charge is -2.18. The van der Waals surface area contributed by atoms with Gasteiger partial charge in [0.1, 0.15) is 0 Å². The van der Waals surface area contributed by atoms with E-state index < -0.39 is 0 Å². The molecule has 1 N–H and O–H groups in total. The average Bonchev–Trinajstić information content (AvgIpc) is 2.41. The molecule has 2 aromatic carbocycles. The smallest absolute Gasteiger partial charge is 0.256 e. The number of rotatable bonds is 3. The molecule has 0 unspecified atom stereocenters. The van der Waals surface area contributed by atoms with Crippen LogP contribution in [0.3, 0.4) is 0 Å². The van der Waals surface area contributed by atoms with Crippen LogP contribution >= 0.6 is 27.5 Å². The molecular formula is C16H16BrClN2O. The number of carbonyl (C=O) groups is 1. The third-order valence-electron chi connectivity index (χ3n) is 3.13. The van der Waals surface area contributed by atoms with Crippen molar-refractivity contribution in [2.24, 2.45) is 0 Å². The molecule has 110 valence electrons. The molecular weight excluding hydrogens is 352 g/mol. The normalized spacial score (nSPS) is 10.3. The summed E-state index contributed by atoms with van der Waals surface area (Å²) >= 11 is 9.42. The number of carbonyl (C=O) groups excluding carboxylic acids is 1. The highest BCUT2D eigenvalue weighted by molar-refractivity contribution is 9.10. The molecule has 1 amide bonds. The van der Waals surface area contributed by atoms with Gasteiger partial charge in [-0.05, 0) is 42.8 Å². The number of anilines is 2. The zero-order valence-electron chi connectivity index (χ0n) is 12.1. The van der Waals surface area contributed by atoms with Crippen LogP contribution in [0.25, 0.3) is 0 Å². The van der Waals surface area contributed by atoms with Crippen LogP contribution in [0, 0.1) is 6.92 Å². The van der Waals surface area contributed by atoms with Gasteiger partial charge in [-0.1, -0.05) is 33.6 Å². The van der Waals surface area contributed by atoms with E-state index in [1.807, 2.05) is 50.2 Å². The van der Waals surface area contributed by atoms with Crippen LogP contribution in [0.4, 0.5) is 11.4 Å². The fourth-order valence-electron chi connectivity index (χ4n) is 2.03. The van der Waals surface area contributed by atoms with Crippen molar-refractivity contribution in [3.63, 3.8) is 0 Å². The van der Waals surface area contributed by atoms with E-state index in [0.29, 0.717) is 16.3 Å². The lowest BCUT2D eigenvalue weighted by Crippen LogP contribution is -2.17. The molecule has 0 radical (unpaired) electrons. The first-order valence-electron chi connectivity index (χ1n) is 6.43. The van der Waals surface area contributed by atoms with E-state index in [1.165, 1.54) is 0 Å². The van der Waals surface area contributed by atoms with Crippen molar-refractivity contribution >= 4 is 44.8 Å². The molecule has 0 spiro atoms. The summed E-state index contributed by atoms with van der Waals surface area (Å²) < 4.78 is 0.872. The zero-order chi connectivity index (χ0) is 15.6. The molecule has 5 heteroatoms. The number of hydrogen-bond acceptors (Lipinski definition) is 2. The van der Waals surface area contributed by atoms with Crippen LogP contribution in [-0.2, 0) is 0 Å². The summed E-state index contributed by atoms with van der Waals surface area (Å²) in [5, 5.41) is 3.52. The molecule has 0 heterocycles. The third kappa shape index (κ3) is 3.77. The highest BCUT2D eigenvalue weighted by Crippen LogP contribution is 2.28. The Morgan fingerprint density at radius 3 is 2.57 bits per heavy atom. The van der Waals surface area contributed by atoms with Crippen LogP contribution in [-0.4, -0.2) is 20.0 Å². The molecule has 0 fully saturated rings. The summed E-state index contributed by atoms with van der Waals surface area (Å²) in [6, 6.07) is 11.1. The number of nitrogens with zero attached hydrogens (tertiary/aromatic N) is 1.